The molecule has 2 N–H and O–H groups in total. The normalized spacial score (nSPS) is 15.1. The van der Waals surface area contributed by atoms with Crippen LogP contribution in [0.4, 0.5) is 4.79 Å². The van der Waals surface area contributed by atoms with Gasteiger partial charge in [0.1, 0.15) is 0 Å². The van der Waals surface area contributed by atoms with Gasteiger partial charge in [-0.25, -0.2) is 4.79 Å². The fraction of sp³-hybridized carbons (Fsp3) is 0.440. The Morgan fingerprint density at radius 2 is 1.66 bits per heavy atom. The molecule has 172 valence electrons. The van der Waals surface area contributed by atoms with Crippen LogP contribution in [0.3, 0.4) is 0 Å². The molecule has 7 nitrogen and oxygen atoms in total. The third-order valence-electron chi connectivity index (χ3n) is 5.76. The van der Waals surface area contributed by atoms with E-state index in [-0.39, 0.29) is 18.0 Å². The van der Waals surface area contributed by atoms with Crippen molar-refractivity contribution in [2.45, 2.75) is 26.4 Å². The van der Waals surface area contributed by atoms with Gasteiger partial charge in [-0.05, 0) is 37.1 Å². The number of ether oxygens (including phenoxy) is 1. The second-order valence-corrected chi connectivity index (χ2v) is 7.88. The highest BCUT2D eigenvalue weighted by atomic mass is 16.5. The van der Waals surface area contributed by atoms with E-state index < -0.39 is 0 Å². The van der Waals surface area contributed by atoms with Crippen molar-refractivity contribution in [3.8, 4) is 0 Å². The summed E-state index contributed by atoms with van der Waals surface area (Å²) in [5.74, 6) is 0.0288. The van der Waals surface area contributed by atoms with Crippen LogP contribution < -0.4 is 10.6 Å². The van der Waals surface area contributed by atoms with Gasteiger partial charge >= 0.3 is 6.03 Å². The van der Waals surface area contributed by atoms with Crippen molar-refractivity contribution in [2.24, 2.45) is 0 Å². The largest absolute Gasteiger partial charge is 0.379 e. The van der Waals surface area contributed by atoms with Gasteiger partial charge in [0.25, 0.3) is 5.91 Å². The first-order valence-corrected chi connectivity index (χ1v) is 11.4. The number of benzene rings is 2. The van der Waals surface area contributed by atoms with E-state index in [1.165, 1.54) is 0 Å². The number of carbonyl (C=O) groups excluding carboxylic acids is 2. The third-order valence-corrected chi connectivity index (χ3v) is 5.76. The van der Waals surface area contributed by atoms with Crippen LogP contribution >= 0.6 is 0 Å². The van der Waals surface area contributed by atoms with Crippen molar-refractivity contribution >= 4 is 11.9 Å². The van der Waals surface area contributed by atoms with Crippen LogP contribution in [0.2, 0.25) is 0 Å². The zero-order valence-corrected chi connectivity index (χ0v) is 19.0. The van der Waals surface area contributed by atoms with E-state index in [0.29, 0.717) is 25.2 Å². The van der Waals surface area contributed by atoms with Gasteiger partial charge in [-0.3, -0.25) is 9.69 Å². The standard InChI is InChI=1S/C25H34N4O3/c1-3-29(4-2)24(30)22-12-10-20(11-13-22)18-26-25(31)27-23(21-8-6-5-7-9-21)19-28-14-16-32-17-15-28/h5-13,23H,3-4,14-19H2,1-2H3,(H2,26,27,31). The lowest BCUT2D eigenvalue weighted by Gasteiger charge is -2.31. The fourth-order valence-corrected chi connectivity index (χ4v) is 3.81. The number of urea groups is 1. The van der Waals surface area contributed by atoms with Crippen LogP contribution in [0.15, 0.2) is 54.6 Å². The number of carbonyl (C=O) groups is 2. The summed E-state index contributed by atoms with van der Waals surface area (Å²) in [5.41, 5.74) is 2.69. The van der Waals surface area contributed by atoms with E-state index in [2.05, 4.69) is 15.5 Å². The molecule has 1 aliphatic rings. The molecule has 1 unspecified atom stereocenters. The third kappa shape index (κ3) is 6.80. The molecule has 0 radical (unpaired) electrons. The number of morpholine rings is 1. The van der Waals surface area contributed by atoms with Gasteiger partial charge in [0.2, 0.25) is 0 Å². The molecule has 0 saturated carbocycles. The van der Waals surface area contributed by atoms with Crippen LogP contribution in [-0.2, 0) is 11.3 Å². The smallest absolute Gasteiger partial charge is 0.315 e. The Bertz CT molecular complexity index is 847. The predicted octanol–water partition coefficient (Wildman–Crippen LogP) is 3.04. The molecular formula is C25H34N4O3. The molecule has 1 atom stereocenters. The average molecular weight is 439 g/mol. The van der Waals surface area contributed by atoms with Gasteiger partial charge < -0.3 is 20.3 Å². The van der Waals surface area contributed by atoms with Crippen LogP contribution in [0.1, 0.15) is 41.4 Å². The summed E-state index contributed by atoms with van der Waals surface area (Å²) in [5, 5.41) is 6.06. The van der Waals surface area contributed by atoms with Crippen LogP contribution in [0, 0.1) is 0 Å². The number of rotatable bonds is 9. The quantitative estimate of drug-likeness (QED) is 0.631. The molecule has 3 rings (SSSR count). The highest BCUT2D eigenvalue weighted by molar-refractivity contribution is 5.94. The number of nitrogens with zero attached hydrogens (tertiary/aromatic N) is 2. The van der Waals surface area contributed by atoms with E-state index in [4.69, 9.17) is 4.74 Å². The molecule has 7 heteroatoms. The minimum atomic E-state index is -0.213. The van der Waals surface area contributed by atoms with E-state index in [9.17, 15) is 9.59 Å². The molecule has 1 heterocycles. The van der Waals surface area contributed by atoms with Gasteiger partial charge in [0, 0.05) is 44.8 Å². The maximum absolute atomic E-state index is 12.7. The Hall–Kier alpha value is -2.90. The molecule has 2 aromatic carbocycles. The molecule has 0 bridgehead atoms. The monoisotopic (exact) mass is 438 g/mol. The van der Waals surface area contributed by atoms with Gasteiger partial charge in [0.05, 0.1) is 19.3 Å². The van der Waals surface area contributed by atoms with Crippen LogP contribution in [0.25, 0.3) is 0 Å². The van der Waals surface area contributed by atoms with Crippen molar-refractivity contribution in [3.63, 3.8) is 0 Å². The molecule has 0 aromatic heterocycles. The number of hydrogen-bond acceptors (Lipinski definition) is 4. The Morgan fingerprint density at radius 1 is 1.00 bits per heavy atom. The summed E-state index contributed by atoms with van der Waals surface area (Å²) >= 11 is 0. The maximum Gasteiger partial charge on any atom is 0.315 e. The summed E-state index contributed by atoms with van der Waals surface area (Å²) in [4.78, 5) is 29.2. The lowest BCUT2D eigenvalue weighted by Crippen LogP contribution is -2.45. The molecule has 2 aromatic rings. The Labute approximate surface area is 190 Å². The number of hydrogen-bond donors (Lipinski definition) is 2. The van der Waals surface area contributed by atoms with Crippen molar-refractivity contribution in [1.29, 1.82) is 0 Å². The minimum Gasteiger partial charge on any atom is -0.379 e. The first-order chi connectivity index (χ1) is 15.6. The summed E-state index contributed by atoms with van der Waals surface area (Å²) in [6, 6.07) is 17.1. The fourth-order valence-electron chi connectivity index (χ4n) is 3.81. The number of amides is 3. The van der Waals surface area contributed by atoms with Crippen molar-refractivity contribution in [3.05, 3.63) is 71.3 Å². The van der Waals surface area contributed by atoms with Crippen molar-refractivity contribution < 1.29 is 14.3 Å². The van der Waals surface area contributed by atoms with Gasteiger partial charge in [-0.1, -0.05) is 42.5 Å². The maximum atomic E-state index is 12.7. The zero-order chi connectivity index (χ0) is 22.8. The molecule has 0 aliphatic carbocycles. The first-order valence-electron chi connectivity index (χ1n) is 11.4. The highest BCUT2D eigenvalue weighted by Gasteiger charge is 2.20. The van der Waals surface area contributed by atoms with E-state index >= 15 is 0 Å². The minimum absolute atomic E-state index is 0.0288. The van der Waals surface area contributed by atoms with Crippen LogP contribution in [-0.4, -0.2) is 67.7 Å². The SMILES string of the molecule is CCN(CC)C(=O)c1ccc(CNC(=O)NC(CN2CCOCC2)c2ccccc2)cc1. The second-order valence-electron chi connectivity index (χ2n) is 7.88. The second kappa shape index (κ2) is 12.2. The molecule has 1 aliphatic heterocycles. The molecule has 0 spiro atoms. The zero-order valence-electron chi connectivity index (χ0n) is 19.0. The van der Waals surface area contributed by atoms with Gasteiger partial charge in [-0.15, -0.1) is 0 Å². The summed E-state index contributed by atoms with van der Waals surface area (Å²) in [7, 11) is 0. The lowest BCUT2D eigenvalue weighted by molar-refractivity contribution is 0.0339. The van der Waals surface area contributed by atoms with Crippen LogP contribution in [0.5, 0.6) is 0 Å². The van der Waals surface area contributed by atoms with Crippen molar-refractivity contribution in [1.82, 2.24) is 20.4 Å². The van der Waals surface area contributed by atoms with E-state index in [0.717, 1.165) is 44.0 Å². The molecule has 3 amide bonds. The van der Waals surface area contributed by atoms with Gasteiger partial charge in [-0.2, -0.15) is 0 Å². The summed E-state index contributed by atoms with van der Waals surface area (Å²) in [6.45, 7) is 9.63. The lowest BCUT2D eigenvalue weighted by atomic mass is 10.1. The molecular weight excluding hydrogens is 404 g/mol. The predicted molar refractivity (Wildman–Crippen MR) is 126 cm³/mol. The van der Waals surface area contributed by atoms with E-state index in [1.54, 1.807) is 4.90 Å². The van der Waals surface area contributed by atoms with E-state index in [1.807, 2.05) is 68.4 Å². The average Bonchev–Trinajstić information content (AvgIpc) is 2.84. The first kappa shape index (κ1) is 23.8. The topological polar surface area (TPSA) is 73.9 Å². The van der Waals surface area contributed by atoms with Gasteiger partial charge in [0.15, 0.2) is 0 Å². The summed E-state index contributed by atoms with van der Waals surface area (Å²) in [6.07, 6.45) is 0. The molecule has 1 fully saturated rings. The Balaban J connectivity index is 1.56. The Kier molecular flexibility index (Phi) is 9.07. The number of nitrogens with one attached hydrogen (secondary N) is 2. The highest BCUT2D eigenvalue weighted by Crippen LogP contribution is 2.15. The summed E-state index contributed by atoms with van der Waals surface area (Å²) < 4.78 is 5.44. The molecule has 1 saturated heterocycles. The Morgan fingerprint density at radius 3 is 2.28 bits per heavy atom. The molecule has 32 heavy (non-hydrogen) atoms. The van der Waals surface area contributed by atoms with Crippen molar-refractivity contribution in [2.75, 3.05) is 45.9 Å².